The van der Waals surface area contributed by atoms with Crippen LogP contribution in [0.25, 0.3) is 21.8 Å². The molecule has 0 aliphatic heterocycles. The molecule has 4 rings (SSSR count). The summed E-state index contributed by atoms with van der Waals surface area (Å²) in [5.74, 6) is 0. The summed E-state index contributed by atoms with van der Waals surface area (Å²) in [5.41, 5.74) is 2.50. The summed E-state index contributed by atoms with van der Waals surface area (Å²) >= 11 is 0. The molecule has 0 saturated carbocycles. The molecular formula is C21H28N2. The third-order valence-electron chi connectivity index (χ3n) is 3.26. The van der Waals surface area contributed by atoms with E-state index in [-0.39, 0.29) is 0 Å². The summed E-state index contributed by atoms with van der Waals surface area (Å²) in [6.45, 7) is 8.00. The van der Waals surface area contributed by atoms with Crippen molar-refractivity contribution >= 4 is 21.8 Å². The monoisotopic (exact) mass is 308 g/mol. The van der Waals surface area contributed by atoms with Gasteiger partial charge in [0.1, 0.15) is 0 Å². The summed E-state index contributed by atoms with van der Waals surface area (Å²) in [4.78, 5) is 3.12. The van der Waals surface area contributed by atoms with E-state index in [0.717, 1.165) is 0 Å². The minimum Gasteiger partial charge on any atom is -0.361 e. The Balaban J connectivity index is 0.000000190. The van der Waals surface area contributed by atoms with Gasteiger partial charge in [0, 0.05) is 30.5 Å². The second-order valence-corrected chi connectivity index (χ2v) is 4.55. The van der Waals surface area contributed by atoms with E-state index in [0.29, 0.717) is 0 Å². The van der Waals surface area contributed by atoms with Gasteiger partial charge in [-0.3, -0.25) is 0 Å². The molecule has 0 fully saturated rings. The highest BCUT2D eigenvalue weighted by atomic mass is 14.9. The Kier molecular flexibility index (Phi) is 8.30. The van der Waals surface area contributed by atoms with Gasteiger partial charge in [0.15, 0.2) is 0 Å². The van der Waals surface area contributed by atoms with Gasteiger partial charge >= 0.3 is 0 Å². The molecule has 0 radical (unpaired) electrons. The first-order valence-electron chi connectivity index (χ1n) is 8.37. The van der Waals surface area contributed by atoms with Gasteiger partial charge < -0.3 is 9.55 Å². The smallest absolute Gasteiger partial charge is 0.0477 e. The van der Waals surface area contributed by atoms with E-state index in [1.807, 2.05) is 46.0 Å². The Bertz CT molecular complexity index is 763. The molecule has 0 spiro atoms. The summed E-state index contributed by atoms with van der Waals surface area (Å²) in [6, 6.07) is 20.8. The SMILES string of the molecule is CC.CC.Cn1ccc2ccccc21.c1ccc2[nH]ccc2c1. The van der Waals surface area contributed by atoms with Crippen molar-refractivity contribution < 1.29 is 0 Å². The molecule has 0 atom stereocenters. The van der Waals surface area contributed by atoms with Crippen molar-refractivity contribution in [1.82, 2.24) is 9.55 Å². The lowest BCUT2D eigenvalue weighted by Gasteiger charge is -1.92. The van der Waals surface area contributed by atoms with E-state index in [9.17, 15) is 0 Å². The highest BCUT2D eigenvalue weighted by Crippen LogP contribution is 2.12. The topological polar surface area (TPSA) is 20.7 Å². The van der Waals surface area contributed by atoms with Crippen LogP contribution in [0.1, 0.15) is 27.7 Å². The Hall–Kier alpha value is -2.48. The van der Waals surface area contributed by atoms with Crippen LogP contribution in [0.15, 0.2) is 73.1 Å². The standard InChI is InChI=1S/C9H9N.C8H7N.2C2H6/c1-10-7-6-8-4-2-3-5-9(8)10;1-2-4-8-7(3-1)5-6-9-8;2*1-2/h2-7H,1H3;1-6,9H;2*1-2H3. The van der Waals surface area contributed by atoms with Crippen molar-refractivity contribution in [2.45, 2.75) is 27.7 Å². The predicted octanol–water partition coefficient (Wildman–Crippen LogP) is 6.40. The van der Waals surface area contributed by atoms with Crippen molar-refractivity contribution in [1.29, 1.82) is 0 Å². The number of fused-ring (bicyclic) bond motifs is 2. The van der Waals surface area contributed by atoms with Gasteiger partial charge in [-0.1, -0.05) is 64.1 Å². The zero-order valence-electron chi connectivity index (χ0n) is 14.9. The zero-order valence-corrected chi connectivity index (χ0v) is 14.9. The van der Waals surface area contributed by atoms with Gasteiger partial charge in [-0.05, 0) is 35.0 Å². The Morgan fingerprint density at radius 1 is 0.696 bits per heavy atom. The van der Waals surface area contributed by atoms with Crippen molar-refractivity contribution in [3.05, 3.63) is 73.1 Å². The zero-order chi connectivity index (χ0) is 17.1. The third kappa shape index (κ3) is 5.03. The maximum absolute atomic E-state index is 3.12. The lowest BCUT2D eigenvalue weighted by atomic mass is 10.2. The summed E-state index contributed by atoms with van der Waals surface area (Å²) in [6.07, 6.45) is 4.02. The van der Waals surface area contributed by atoms with Crippen LogP contribution in [0.5, 0.6) is 0 Å². The predicted molar refractivity (Wildman–Crippen MR) is 104 cm³/mol. The number of benzene rings is 2. The van der Waals surface area contributed by atoms with Crippen LogP contribution in [-0.2, 0) is 7.05 Å². The first-order chi connectivity index (χ1) is 11.3. The number of aromatic amines is 1. The van der Waals surface area contributed by atoms with E-state index in [1.54, 1.807) is 0 Å². The molecule has 0 aliphatic carbocycles. The minimum absolute atomic E-state index is 1.21. The Labute approximate surface area is 139 Å². The quantitative estimate of drug-likeness (QED) is 0.388. The van der Waals surface area contributed by atoms with Crippen molar-refractivity contribution in [3.8, 4) is 0 Å². The van der Waals surface area contributed by atoms with Gasteiger partial charge in [0.05, 0.1) is 0 Å². The van der Waals surface area contributed by atoms with E-state index >= 15 is 0 Å². The molecule has 0 amide bonds. The number of rotatable bonds is 0. The van der Waals surface area contributed by atoms with Gasteiger partial charge in [-0.15, -0.1) is 0 Å². The third-order valence-corrected chi connectivity index (χ3v) is 3.26. The van der Waals surface area contributed by atoms with Crippen molar-refractivity contribution in [2.75, 3.05) is 0 Å². The molecule has 1 N–H and O–H groups in total. The number of para-hydroxylation sites is 2. The molecule has 0 unspecified atom stereocenters. The number of nitrogens with zero attached hydrogens (tertiary/aromatic N) is 1. The molecular weight excluding hydrogens is 280 g/mol. The number of hydrogen-bond donors (Lipinski definition) is 1. The van der Waals surface area contributed by atoms with Gasteiger partial charge in [-0.2, -0.15) is 0 Å². The molecule has 0 saturated heterocycles. The first-order valence-corrected chi connectivity index (χ1v) is 8.37. The molecule has 2 heterocycles. The lowest BCUT2D eigenvalue weighted by molar-refractivity contribution is 0.969. The molecule has 122 valence electrons. The highest BCUT2D eigenvalue weighted by molar-refractivity contribution is 5.80. The van der Waals surface area contributed by atoms with Gasteiger partial charge in [0.25, 0.3) is 0 Å². The van der Waals surface area contributed by atoms with Gasteiger partial charge in [-0.25, -0.2) is 0 Å². The van der Waals surface area contributed by atoms with Crippen LogP contribution >= 0.6 is 0 Å². The van der Waals surface area contributed by atoms with Gasteiger partial charge in [0.2, 0.25) is 0 Å². The number of nitrogens with one attached hydrogen (secondary N) is 1. The largest absolute Gasteiger partial charge is 0.361 e. The van der Waals surface area contributed by atoms with Crippen molar-refractivity contribution in [2.24, 2.45) is 7.05 Å². The minimum atomic E-state index is 1.21. The van der Waals surface area contributed by atoms with Crippen LogP contribution in [-0.4, -0.2) is 9.55 Å². The van der Waals surface area contributed by atoms with Crippen LogP contribution in [0.4, 0.5) is 0 Å². The molecule has 4 aromatic rings. The van der Waals surface area contributed by atoms with Crippen LogP contribution in [0.3, 0.4) is 0 Å². The lowest BCUT2D eigenvalue weighted by Crippen LogP contribution is -1.81. The van der Waals surface area contributed by atoms with Crippen molar-refractivity contribution in [3.63, 3.8) is 0 Å². The molecule has 2 aromatic heterocycles. The van der Waals surface area contributed by atoms with E-state index < -0.39 is 0 Å². The summed E-state index contributed by atoms with van der Waals surface area (Å²) in [5, 5.41) is 2.59. The van der Waals surface area contributed by atoms with E-state index in [1.165, 1.54) is 21.8 Å². The highest BCUT2D eigenvalue weighted by Gasteiger charge is 1.92. The normalized spacial score (nSPS) is 9.09. The fourth-order valence-electron chi connectivity index (χ4n) is 2.22. The molecule has 0 bridgehead atoms. The molecule has 0 aliphatic rings. The fraction of sp³-hybridized carbons (Fsp3) is 0.238. The van der Waals surface area contributed by atoms with E-state index in [2.05, 4.69) is 71.3 Å². The molecule has 2 heteroatoms. The van der Waals surface area contributed by atoms with Crippen LogP contribution in [0.2, 0.25) is 0 Å². The number of H-pyrrole nitrogens is 1. The maximum atomic E-state index is 3.12. The Morgan fingerprint density at radius 2 is 1.30 bits per heavy atom. The summed E-state index contributed by atoms with van der Waals surface area (Å²) < 4.78 is 2.12. The second-order valence-electron chi connectivity index (χ2n) is 4.55. The average Bonchev–Trinajstić information content (AvgIpc) is 3.26. The average molecular weight is 308 g/mol. The van der Waals surface area contributed by atoms with Crippen LogP contribution < -0.4 is 0 Å². The van der Waals surface area contributed by atoms with Crippen LogP contribution in [0, 0.1) is 0 Å². The number of aromatic nitrogens is 2. The number of aryl methyl sites for hydroxylation is 1. The molecule has 2 nitrogen and oxygen atoms in total. The summed E-state index contributed by atoms with van der Waals surface area (Å²) in [7, 11) is 2.06. The first kappa shape index (κ1) is 18.6. The maximum Gasteiger partial charge on any atom is 0.0477 e. The fourth-order valence-corrected chi connectivity index (χ4v) is 2.22. The number of hydrogen-bond acceptors (Lipinski definition) is 0. The molecule has 2 aromatic carbocycles. The second kappa shape index (κ2) is 10.3. The van der Waals surface area contributed by atoms with E-state index in [4.69, 9.17) is 0 Å². The Morgan fingerprint density at radius 3 is 1.96 bits per heavy atom. The molecule has 23 heavy (non-hydrogen) atoms.